The van der Waals surface area contributed by atoms with Gasteiger partial charge in [-0.2, -0.15) is 0 Å². The van der Waals surface area contributed by atoms with Crippen molar-refractivity contribution in [1.29, 1.82) is 0 Å². The molecule has 0 aromatic heterocycles. The lowest BCUT2D eigenvalue weighted by Crippen LogP contribution is -2.06. The first-order chi connectivity index (χ1) is 9.99. The Hall–Kier alpha value is -2.41. The number of ether oxygens (including phenoxy) is 1. The van der Waals surface area contributed by atoms with Gasteiger partial charge in [0.2, 0.25) is 5.75 Å². The zero-order chi connectivity index (χ0) is 15.4. The minimum absolute atomic E-state index is 0.0323. The molecule has 0 heterocycles. The third kappa shape index (κ3) is 3.57. The van der Waals surface area contributed by atoms with Crippen molar-refractivity contribution in [2.45, 2.75) is 6.61 Å². The maximum Gasteiger partial charge on any atom is 0.339 e. The van der Waals surface area contributed by atoms with Crippen molar-refractivity contribution in [3.05, 3.63) is 68.2 Å². The van der Waals surface area contributed by atoms with E-state index in [1.807, 2.05) is 6.07 Å². The Morgan fingerprint density at radius 2 is 2.00 bits per heavy atom. The zero-order valence-electron chi connectivity index (χ0n) is 10.7. The number of para-hydroxylation sites is 1. The van der Waals surface area contributed by atoms with Gasteiger partial charge in [0.15, 0.2) is 0 Å². The molecule has 2 aromatic rings. The van der Waals surface area contributed by atoms with Gasteiger partial charge in [0.05, 0.1) is 4.92 Å². The Labute approximate surface area is 128 Å². The second kappa shape index (κ2) is 6.36. The minimum Gasteiger partial charge on any atom is -0.481 e. The summed E-state index contributed by atoms with van der Waals surface area (Å²) in [6, 6.07) is 11.0. The fourth-order valence-electron chi connectivity index (χ4n) is 1.77. The topological polar surface area (TPSA) is 89.7 Å². The third-order valence-electron chi connectivity index (χ3n) is 2.69. The maximum absolute atomic E-state index is 11.2. The summed E-state index contributed by atoms with van der Waals surface area (Å²) in [5, 5.41) is 20.1. The van der Waals surface area contributed by atoms with Crippen molar-refractivity contribution >= 4 is 27.6 Å². The van der Waals surface area contributed by atoms with E-state index in [0.29, 0.717) is 0 Å². The Balaban J connectivity index is 2.33. The van der Waals surface area contributed by atoms with Gasteiger partial charge in [-0.05, 0) is 23.8 Å². The Morgan fingerprint density at radius 3 is 2.62 bits per heavy atom. The second-order valence-electron chi connectivity index (χ2n) is 4.13. The highest BCUT2D eigenvalue weighted by atomic mass is 79.9. The van der Waals surface area contributed by atoms with E-state index in [-0.39, 0.29) is 23.6 Å². The molecule has 0 saturated carbocycles. The summed E-state index contributed by atoms with van der Waals surface area (Å²) in [6.45, 7) is 0.0323. The summed E-state index contributed by atoms with van der Waals surface area (Å²) in [4.78, 5) is 21.5. The van der Waals surface area contributed by atoms with Crippen LogP contribution >= 0.6 is 15.9 Å². The number of carboxylic acid groups (broad SMARTS) is 1. The summed E-state index contributed by atoms with van der Waals surface area (Å²) in [6.07, 6.45) is 0. The summed E-state index contributed by atoms with van der Waals surface area (Å²) in [5.74, 6) is -1.52. The zero-order valence-corrected chi connectivity index (χ0v) is 12.2. The number of hydrogen-bond acceptors (Lipinski definition) is 4. The Bertz CT molecular complexity index is 669. The van der Waals surface area contributed by atoms with Crippen LogP contribution in [0.1, 0.15) is 15.9 Å². The standard InChI is InChI=1S/C14H10BrNO5/c15-10-4-1-3-9(7-10)8-21-13-11(14(17)18)5-2-6-12(13)16(19)20/h1-7H,8H2,(H,17,18). The van der Waals surface area contributed by atoms with E-state index >= 15 is 0 Å². The third-order valence-corrected chi connectivity index (χ3v) is 3.19. The highest BCUT2D eigenvalue weighted by Crippen LogP contribution is 2.31. The molecule has 2 rings (SSSR count). The molecule has 0 radical (unpaired) electrons. The molecule has 0 fully saturated rings. The molecule has 21 heavy (non-hydrogen) atoms. The van der Waals surface area contributed by atoms with E-state index in [2.05, 4.69) is 15.9 Å². The molecule has 6 nitrogen and oxygen atoms in total. The lowest BCUT2D eigenvalue weighted by Gasteiger charge is -2.09. The predicted molar refractivity (Wildman–Crippen MR) is 78.5 cm³/mol. The number of nitro benzene ring substituents is 1. The van der Waals surface area contributed by atoms with Crippen LogP contribution in [-0.2, 0) is 6.61 Å². The van der Waals surface area contributed by atoms with Crippen molar-refractivity contribution < 1.29 is 19.6 Å². The molecule has 0 unspecified atom stereocenters. The summed E-state index contributed by atoms with van der Waals surface area (Å²) in [5.41, 5.74) is 0.156. The number of rotatable bonds is 5. The van der Waals surface area contributed by atoms with Gasteiger partial charge in [-0.1, -0.05) is 34.1 Å². The SMILES string of the molecule is O=C(O)c1cccc([N+](=O)[O-])c1OCc1cccc(Br)c1. The van der Waals surface area contributed by atoms with Crippen LogP contribution in [0.25, 0.3) is 0 Å². The molecular weight excluding hydrogens is 342 g/mol. The smallest absolute Gasteiger partial charge is 0.339 e. The molecule has 2 aromatic carbocycles. The molecule has 0 amide bonds. The fraction of sp³-hybridized carbons (Fsp3) is 0.0714. The molecule has 7 heteroatoms. The van der Waals surface area contributed by atoms with Crippen LogP contribution in [-0.4, -0.2) is 16.0 Å². The van der Waals surface area contributed by atoms with E-state index in [1.54, 1.807) is 18.2 Å². The quantitative estimate of drug-likeness (QED) is 0.656. The van der Waals surface area contributed by atoms with E-state index in [0.717, 1.165) is 10.0 Å². The van der Waals surface area contributed by atoms with Crippen molar-refractivity contribution in [2.75, 3.05) is 0 Å². The highest BCUT2D eigenvalue weighted by molar-refractivity contribution is 9.10. The second-order valence-corrected chi connectivity index (χ2v) is 5.05. The van der Waals surface area contributed by atoms with Crippen molar-refractivity contribution in [3.8, 4) is 5.75 Å². The fourth-order valence-corrected chi connectivity index (χ4v) is 2.22. The average molecular weight is 352 g/mol. The number of nitrogens with zero attached hydrogens (tertiary/aromatic N) is 1. The normalized spacial score (nSPS) is 10.1. The van der Waals surface area contributed by atoms with Crippen LogP contribution in [0.15, 0.2) is 46.9 Å². The van der Waals surface area contributed by atoms with Gasteiger partial charge >= 0.3 is 11.7 Å². The lowest BCUT2D eigenvalue weighted by atomic mass is 10.1. The Kier molecular flexibility index (Phi) is 4.54. The molecule has 108 valence electrons. The molecule has 0 bridgehead atoms. The van der Waals surface area contributed by atoms with Gasteiger partial charge in [-0.15, -0.1) is 0 Å². The largest absolute Gasteiger partial charge is 0.481 e. The van der Waals surface area contributed by atoms with E-state index in [9.17, 15) is 14.9 Å². The average Bonchev–Trinajstić information content (AvgIpc) is 2.44. The Morgan fingerprint density at radius 1 is 1.29 bits per heavy atom. The molecule has 0 spiro atoms. The predicted octanol–water partition coefficient (Wildman–Crippen LogP) is 3.63. The summed E-state index contributed by atoms with van der Waals surface area (Å²) >= 11 is 3.31. The number of benzene rings is 2. The summed E-state index contributed by atoms with van der Waals surface area (Å²) in [7, 11) is 0. The van der Waals surface area contributed by atoms with E-state index in [1.165, 1.54) is 18.2 Å². The number of nitro groups is 1. The van der Waals surface area contributed by atoms with Crippen LogP contribution in [0.2, 0.25) is 0 Å². The van der Waals surface area contributed by atoms with Crippen LogP contribution in [0.5, 0.6) is 5.75 Å². The molecule has 0 saturated heterocycles. The molecule has 0 atom stereocenters. The lowest BCUT2D eigenvalue weighted by molar-refractivity contribution is -0.386. The van der Waals surface area contributed by atoms with Crippen LogP contribution < -0.4 is 4.74 Å². The number of aromatic carboxylic acids is 1. The van der Waals surface area contributed by atoms with Gasteiger partial charge in [-0.25, -0.2) is 4.79 Å². The van der Waals surface area contributed by atoms with E-state index in [4.69, 9.17) is 9.84 Å². The first-order valence-electron chi connectivity index (χ1n) is 5.87. The van der Waals surface area contributed by atoms with Crippen molar-refractivity contribution in [2.24, 2.45) is 0 Å². The molecule has 0 aliphatic rings. The molecule has 0 aliphatic carbocycles. The van der Waals surface area contributed by atoms with Gasteiger partial charge in [-0.3, -0.25) is 10.1 Å². The maximum atomic E-state index is 11.2. The number of carbonyl (C=O) groups is 1. The van der Waals surface area contributed by atoms with Gasteiger partial charge in [0.1, 0.15) is 12.2 Å². The van der Waals surface area contributed by atoms with Crippen molar-refractivity contribution in [3.63, 3.8) is 0 Å². The van der Waals surface area contributed by atoms with Crippen LogP contribution in [0.3, 0.4) is 0 Å². The van der Waals surface area contributed by atoms with Gasteiger partial charge in [0.25, 0.3) is 0 Å². The highest BCUT2D eigenvalue weighted by Gasteiger charge is 2.22. The number of hydrogen-bond donors (Lipinski definition) is 1. The van der Waals surface area contributed by atoms with E-state index < -0.39 is 10.9 Å². The first kappa shape index (κ1) is 15.0. The first-order valence-corrected chi connectivity index (χ1v) is 6.66. The molecular formula is C14H10BrNO5. The van der Waals surface area contributed by atoms with Gasteiger partial charge < -0.3 is 9.84 Å². The monoisotopic (exact) mass is 351 g/mol. The van der Waals surface area contributed by atoms with Crippen molar-refractivity contribution in [1.82, 2.24) is 0 Å². The number of halogens is 1. The minimum atomic E-state index is -1.28. The van der Waals surface area contributed by atoms with Crippen LogP contribution in [0.4, 0.5) is 5.69 Å². The number of carboxylic acids is 1. The van der Waals surface area contributed by atoms with Gasteiger partial charge in [0, 0.05) is 10.5 Å². The van der Waals surface area contributed by atoms with Crippen LogP contribution in [0, 0.1) is 10.1 Å². The summed E-state index contributed by atoms with van der Waals surface area (Å²) < 4.78 is 6.23. The molecule has 1 N–H and O–H groups in total. The molecule has 0 aliphatic heterocycles.